The summed E-state index contributed by atoms with van der Waals surface area (Å²) in [4.78, 5) is 20.8. The van der Waals surface area contributed by atoms with Crippen molar-refractivity contribution in [3.05, 3.63) is 36.2 Å². The molecule has 1 aliphatic carbocycles. The Bertz CT molecular complexity index is 656. The molecule has 2 aliphatic rings. The molecular weight excluding hydrogens is 311 g/mol. The van der Waals surface area contributed by atoms with E-state index in [0.717, 1.165) is 24.1 Å². The molecule has 2 unspecified atom stereocenters. The maximum absolute atomic E-state index is 12.1. The van der Waals surface area contributed by atoms with Crippen LogP contribution in [0.4, 0.5) is 0 Å². The van der Waals surface area contributed by atoms with Crippen molar-refractivity contribution in [2.75, 3.05) is 13.1 Å². The summed E-state index contributed by atoms with van der Waals surface area (Å²) in [5, 5.41) is 6.37. The number of piperidine rings is 1. The van der Waals surface area contributed by atoms with Gasteiger partial charge in [0.1, 0.15) is 5.69 Å². The van der Waals surface area contributed by atoms with E-state index in [0.29, 0.717) is 23.6 Å². The number of carbonyl (C=O) groups is 1. The van der Waals surface area contributed by atoms with Gasteiger partial charge in [-0.2, -0.15) is 0 Å². The molecule has 4 rings (SSSR count). The van der Waals surface area contributed by atoms with Crippen LogP contribution in [0.25, 0.3) is 11.0 Å². The third kappa shape index (κ3) is 2.81. The maximum atomic E-state index is 12.1. The van der Waals surface area contributed by atoms with Gasteiger partial charge in [-0.1, -0.05) is 12.1 Å². The van der Waals surface area contributed by atoms with E-state index in [1.165, 1.54) is 0 Å². The third-order valence-electron chi connectivity index (χ3n) is 4.07. The Kier molecular flexibility index (Phi) is 4.66. The fraction of sp³-hybridized carbons (Fsp3) is 0.357. The maximum Gasteiger partial charge on any atom is 0.271 e. The van der Waals surface area contributed by atoms with Crippen LogP contribution in [0, 0.1) is 11.8 Å². The lowest BCUT2D eigenvalue weighted by Gasteiger charge is -2.07. The predicted molar refractivity (Wildman–Crippen MR) is 85.1 cm³/mol. The molecule has 1 aromatic heterocycles. The first-order valence-electron chi connectivity index (χ1n) is 6.56. The van der Waals surface area contributed by atoms with Crippen LogP contribution in [-0.4, -0.2) is 35.0 Å². The summed E-state index contributed by atoms with van der Waals surface area (Å²) in [5.74, 6) is 1.10. The first kappa shape index (κ1) is 15.9. The molecule has 1 saturated carbocycles. The SMILES string of the molecule is Cl.Cl.O=C(NC1C2CNCC21)c1cnc2ccccc2n1. The fourth-order valence-electron chi connectivity index (χ4n) is 2.92. The van der Waals surface area contributed by atoms with Crippen molar-refractivity contribution in [1.29, 1.82) is 0 Å². The van der Waals surface area contributed by atoms with Crippen LogP contribution in [0.5, 0.6) is 0 Å². The summed E-state index contributed by atoms with van der Waals surface area (Å²) < 4.78 is 0. The number of nitrogens with one attached hydrogen (secondary N) is 2. The topological polar surface area (TPSA) is 66.9 Å². The van der Waals surface area contributed by atoms with Crippen LogP contribution < -0.4 is 10.6 Å². The van der Waals surface area contributed by atoms with E-state index in [-0.39, 0.29) is 30.7 Å². The van der Waals surface area contributed by atoms with E-state index in [2.05, 4.69) is 20.6 Å². The predicted octanol–water partition coefficient (Wildman–Crippen LogP) is 1.42. The fourth-order valence-corrected chi connectivity index (χ4v) is 2.92. The van der Waals surface area contributed by atoms with Crippen LogP contribution in [-0.2, 0) is 0 Å². The number of fused-ring (bicyclic) bond motifs is 2. The number of benzene rings is 1. The lowest BCUT2D eigenvalue weighted by Crippen LogP contribution is -2.33. The number of hydrogen-bond donors (Lipinski definition) is 2. The summed E-state index contributed by atoms with van der Waals surface area (Å²) in [6.07, 6.45) is 1.55. The van der Waals surface area contributed by atoms with E-state index < -0.39 is 0 Å². The molecule has 0 spiro atoms. The summed E-state index contributed by atoms with van der Waals surface area (Å²) in [6, 6.07) is 7.89. The van der Waals surface area contributed by atoms with Gasteiger partial charge in [-0.05, 0) is 24.0 Å². The van der Waals surface area contributed by atoms with Crippen LogP contribution in [0.1, 0.15) is 10.5 Å². The summed E-state index contributed by atoms with van der Waals surface area (Å²) in [7, 11) is 0. The molecule has 1 saturated heterocycles. The number of amides is 1. The summed E-state index contributed by atoms with van der Waals surface area (Å²) in [6.45, 7) is 2.03. The molecule has 5 nitrogen and oxygen atoms in total. The highest BCUT2D eigenvalue weighted by atomic mass is 35.5. The van der Waals surface area contributed by atoms with Crippen molar-refractivity contribution < 1.29 is 4.79 Å². The van der Waals surface area contributed by atoms with Crippen molar-refractivity contribution in [2.24, 2.45) is 11.8 Å². The van der Waals surface area contributed by atoms with Gasteiger partial charge in [-0.25, -0.2) is 4.98 Å². The molecule has 1 aliphatic heterocycles. The lowest BCUT2D eigenvalue weighted by molar-refractivity contribution is 0.0941. The van der Waals surface area contributed by atoms with Crippen molar-refractivity contribution in [3.8, 4) is 0 Å². The Labute approximate surface area is 134 Å². The number of carbonyl (C=O) groups excluding carboxylic acids is 1. The second kappa shape index (κ2) is 6.13. The lowest BCUT2D eigenvalue weighted by atomic mass is 10.3. The third-order valence-corrected chi connectivity index (χ3v) is 4.07. The highest BCUT2D eigenvalue weighted by Crippen LogP contribution is 2.41. The minimum absolute atomic E-state index is 0. The molecular formula is C14H16Cl2N4O. The highest BCUT2D eigenvalue weighted by molar-refractivity contribution is 5.94. The van der Waals surface area contributed by atoms with Gasteiger partial charge in [0.15, 0.2) is 0 Å². The van der Waals surface area contributed by atoms with E-state index in [1.807, 2.05) is 24.3 Å². The van der Waals surface area contributed by atoms with Crippen LogP contribution in [0.2, 0.25) is 0 Å². The summed E-state index contributed by atoms with van der Waals surface area (Å²) in [5.41, 5.74) is 1.97. The van der Waals surface area contributed by atoms with Gasteiger partial charge in [-0.3, -0.25) is 9.78 Å². The molecule has 21 heavy (non-hydrogen) atoms. The average molecular weight is 327 g/mol. The van der Waals surface area contributed by atoms with Gasteiger partial charge in [0.25, 0.3) is 5.91 Å². The van der Waals surface area contributed by atoms with Crippen molar-refractivity contribution in [3.63, 3.8) is 0 Å². The van der Waals surface area contributed by atoms with Gasteiger partial charge in [-0.15, -0.1) is 24.8 Å². The smallest absolute Gasteiger partial charge is 0.271 e. The van der Waals surface area contributed by atoms with Crippen LogP contribution in [0.3, 0.4) is 0 Å². The highest BCUT2D eigenvalue weighted by Gasteiger charge is 2.53. The molecule has 112 valence electrons. The molecule has 2 aromatic rings. The number of hydrogen-bond acceptors (Lipinski definition) is 4. The monoisotopic (exact) mass is 326 g/mol. The number of para-hydroxylation sites is 2. The first-order chi connectivity index (χ1) is 9.33. The minimum Gasteiger partial charge on any atom is -0.347 e. The molecule has 2 heterocycles. The van der Waals surface area contributed by atoms with E-state index in [1.54, 1.807) is 6.20 Å². The molecule has 0 radical (unpaired) electrons. The zero-order valence-corrected chi connectivity index (χ0v) is 12.8. The van der Waals surface area contributed by atoms with Crippen molar-refractivity contribution in [1.82, 2.24) is 20.6 Å². The van der Waals surface area contributed by atoms with Crippen molar-refractivity contribution >= 4 is 41.8 Å². The quantitative estimate of drug-likeness (QED) is 0.876. The van der Waals surface area contributed by atoms with Gasteiger partial charge >= 0.3 is 0 Å². The summed E-state index contributed by atoms with van der Waals surface area (Å²) >= 11 is 0. The molecule has 2 N–H and O–H groups in total. The Balaban J connectivity index is 0.000000807. The number of rotatable bonds is 2. The van der Waals surface area contributed by atoms with E-state index in [9.17, 15) is 4.79 Å². The van der Waals surface area contributed by atoms with E-state index in [4.69, 9.17) is 0 Å². The second-order valence-corrected chi connectivity index (χ2v) is 5.23. The molecule has 1 amide bonds. The molecule has 0 bridgehead atoms. The Hall–Kier alpha value is -1.43. The van der Waals surface area contributed by atoms with Gasteiger partial charge in [0, 0.05) is 19.1 Å². The number of nitrogens with zero attached hydrogens (tertiary/aromatic N) is 2. The zero-order chi connectivity index (χ0) is 12.8. The Morgan fingerprint density at radius 2 is 1.81 bits per heavy atom. The minimum atomic E-state index is -0.113. The van der Waals surface area contributed by atoms with E-state index >= 15 is 0 Å². The molecule has 2 fully saturated rings. The first-order valence-corrected chi connectivity index (χ1v) is 6.56. The largest absolute Gasteiger partial charge is 0.347 e. The normalized spacial score (nSPS) is 25.4. The molecule has 7 heteroatoms. The average Bonchev–Trinajstić information content (AvgIpc) is 2.88. The van der Waals surface area contributed by atoms with Gasteiger partial charge in [0.2, 0.25) is 0 Å². The van der Waals surface area contributed by atoms with Crippen LogP contribution in [0.15, 0.2) is 30.5 Å². The molecule has 1 aromatic carbocycles. The second-order valence-electron chi connectivity index (χ2n) is 5.23. The number of aromatic nitrogens is 2. The Morgan fingerprint density at radius 3 is 2.52 bits per heavy atom. The standard InChI is InChI=1S/C14H14N4O.2ClH/c19-14(18-13-8-5-15-6-9(8)13)12-7-16-10-3-1-2-4-11(10)17-12;;/h1-4,7-9,13,15H,5-6H2,(H,18,19);2*1H. The Morgan fingerprint density at radius 1 is 1.14 bits per heavy atom. The zero-order valence-electron chi connectivity index (χ0n) is 11.2. The van der Waals surface area contributed by atoms with Gasteiger partial charge < -0.3 is 10.6 Å². The van der Waals surface area contributed by atoms with Crippen LogP contribution >= 0.6 is 24.8 Å². The molecule has 2 atom stereocenters. The van der Waals surface area contributed by atoms with Gasteiger partial charge in [0.05, 0.1) is 17.2 Å². The number of halogens is 2. The van der Waals surface area contributed by atoms with Crippen molar-refractivity contribution in [2.45, 2.75) is 6.04 Å².